The second kappa shape index (κ2) is 13.2. The lowest BCUT2D eigenvalue weighted by atomic mass is 9.99. The standard InChI is InChI=1S/C32H35F3N6O4S.2ClH/c1-14(2)24(36)27(42)38-16-7-9-40(12-16)28(43)21-15(3)10-20(32(33,34)35)39-25(21)18-6-8-37-19-11-17(46-26(18)19)13-41-29(44)22-23(30(41)45)31(22,4)5;;/h6,8,10-11,14,16,22-24H,7,9,12-13,36H2,1-5H3,(H,38,42);2*1H/t16?,22?,23?,24-;;/m0../s1. The maximum absolute atomic E-state index is 14.0. The van der Waals surface area contributed by atoms with Crippen molar-refractivity contribution in [1.29, 1.82) is 0 Å². The second-order valence-corrected chi connectivity index (χ2v) is 14.5. The molecule has 1 aliphatic carbocycles. The summed E-state index contributed by atoms with van der Waals surface area (Å²) in [4.78, 5) is 64.2. The Hall–Kier alpha value is -3.33. The fourth-order valence-corrected chi connectivity index (χ4v) is 7.79. The molecule has 2 aliphatic heterocycles. The van der Waals surface area contributed by atoms with Crippen molar-refractivity contribution in [3.63, 3.8) is 0 Å². The number of hydrogen-bond acceptors (Lipinski definition) is 8. The van der Waals surface area contributed by atoms with Gasteiger partial charge in [-0.15, -0.1) is 36.2 Å². The number of piperidine rings is 1. The number of carbonyl (C=O) groups is 4. The van der Waals surface area contributed by atoms with Gasteiger partial charge in [0.1, 0.15) is 5.69 Å². The van der Waals surface area contributed by atoms with Gasteiger partial charge in [-0.05, 0) is 48.4 Å². The molecule has 6 rings (SSSR count). The highest BCUT2D eigenvalue weighted by atomic mass is 35.5. The van der Waals surface area contributed by atoms with Crippen LogP contribution in [0.5, 0.6) is 0 Å². The van der Waals surface area contributed by atoms with Crippen molar-refractivity contribution in [3.05, 3.63) is 46.1 Å². The summed E-state index contributed by atoms with van der Waals surface area (Å²) in [6, 6.07) is 3.03. The Kier molecular flexibility index (Phi) is 10.3. The van der Waals surface area contributed by atoms with Crippen molar-refractivity contribution in [2.24, 2.45) is 28.9 Å². The minimum Gasteiger partial charge on any atom is -0.350 e. The van der Waals surface area contributed by atoms with Gasteiger partial charge in [0, 0.05) is 35.8 Å². The normalized spacial score (nSPS) is 22.0. The first-order valence-electron chi connectivity index (χ1n) is 15.2. The number of aromatic nitrogens is 2. The number of likely N-dealkylation sites (tertiary alicyclic amines) is 2. The van der Waals surface area contributed by atoms with Gasteiger partial charge in [-0.25, -0.2) is 4.98 Å². The summed E-state index contributed by atoms with van der Waals surface area (Å²) < 4.78 is 42.5. The number of imide groups is 1. The molecule has 0 bridgehead atoms. The number of halogens is 5. The van der Waals surface area contributed by atoms with E-state index in [0.717, 1.165) is 6.07 Å². The van der Waals surface area contributed by atoms with Crippen LogP contribution in [0.1, 0.15) is 60.6 Å². The molecule has 1 saturated carbocycles. The Labute approximate surface area is 291 Å². The summed E-state index contributed by atoms with van der Waals surface area (Å²) in [6.45, 7) is 9.38. The van der Waals surface area contributed by atoms with Crippen LogP contribution in [0.4, 0.5) is 13.2 Å². The molecule has 10 nitrogen and oxygen atoms in total. The molecule has 3 fully saturated rings. The number of thiophene rings is 1. The molecule has 5 heterocycles. The van der Waals surface area contributed by atoms with Gasteiger partial charge < -0.3 is 16.0 Å². The van der Waals surface area contributed by atoms with Crippen LogP contribution in [-0.4, -0.2) is 68.6 Å². The quantitative estimate of drug-likeness (QED) is 0.327. The van der Waals surface area contributed by atoms with Crippen molar-refractivity contribution >= 4 is 70.0 Å². The SMILES string of the molecule is Cc1cc(C(F)(F)F)nc(-c2ccnc3cc(CN4C(=O)C5C(C4=O)C5(C)C)sc23)c1C(=O)N1CCC(NC(=O)[C@@H](N)C(C)C)C1.Cl.Cl. The van der Waals surface area contributed by atoms with E-state index in [9.17, 15) is 32.3 Å². The number of amides is 4. The third-order valence-corrected chi connectivity index (χ3v) is 10.6. The third kappa shape index (κ3) is 6.39. The average molecular weight is 730 g/mol. The lowest BCUT2D eigenvalue weighted by molar-refractivity contribution is -0.144. The Balaban J connectivity index is 0.00000260. The van der Waals surface area contributed by atoms with Gasteiger partial charge in [-0.1, -0.05) is 27.7 Å². The molecule has 4 amide bonds. The Bertz CT molecular complexity index is 1770. The maximum Gasteiger partial charge on any atom is 0.433 e. The van der Waals surface area contributed by atoms with Crippen LogP contribution in [-0.2, 0) is 27.1 Å². The number of nitrogens with one attached hydrogen (secondary N) is 1. The zero-order valence-corrected chi connectivity index (χ0v) is 29.3. The van der Waals surface area contributed by atoms with Crippen LogP contribution in [0.25, 0.3) is 21.5 Å². The number of hydrogen-bond donors (Lipinski definition) is 2. The van der Waals surface area contributed by atoms with E-state index >= 15 is 0 Å². The van der Waals surface area contributed by atoms with E-state index in [1.165, 1.54) is 40.3 Å². The smallest absolute Gasteiger partial charge is 0.350 e. The van der Waals surface area contributed by atoms with Gasteiger partial charge >= 0.3 is 6.18 Å². The molecule has 3 unspecified atom stereocenters. The monoisotopic (exact) mass is 728 g/mol. The Morgan fingerprint density at radius 2 is 1.79 bits per heavy atom. The molecule has 48 heavy (non-hydrogen) atoms. The van der Waals surface area contributed by atoms with E-state index < -0.39 is 23.8 Å². The van der Waals surface area contributed by atoms with E-state index in [-0.39, 0.29) is 114 Å². The molecule has 260 valence electrons. The zero-order valence-electron chi connectivity index (χ0n) is 26.9. The molecule has 3 N–H and O–H groups in total. The van der Waals surface area contributed by atoms with Crippen molar-refractivity contribution < 1.29 is 32.3 Å². The number of nitrogens with zero attached hydrogens (tertiary/aromatic N) is 4. The first kappa shape index (κ1) is 37.5. The number of rotatable bonds is 7. The second-order valence-electron chi connectivity index (χ2n) is 13.4. The summed E-state index contributed by atoms with van der Waals surface area (Å²) in [5.74, 6) is -2.02. The Morgan fingerprint density at radius 1 is 1.15 bits per heavy atom. The van der Waals surface area contributed by atoms with Gasteiger partial charge in [-0.2, -0.15) is 13.2 Å². The number of pyridine rings is 2. The molecule has 3 aliphatic rings. The minimum absolute atomic E-state index is 0. The van der Waals surface area contributed by atoms with Crippen LogP contribution in [0, 0.1) is 30.1 Å². The third-order valence-electron chi connectivity index (χ3n) is 9.49. The van der Waals surface area contributed by atoms with Crippen LogP contribution in [0.2, 0.25) is 0 Å². The molecule has 16 heteroatoms. The van der Waals surface area contributed by atoms with Gasteiger partial charge in [0.2, 0.25) is 17.7 Å². The van der Waals surface area contributed by atoms with Crippen molar-refractivity contribution in [1.82, 2.24) is 25.1 Å². The van der Waals surface area contributed by atoms with Crippen LogP contribution < -0.4 is 11.1 Å². The molecular weight excluding hydrogens is 692 g/mol. The van der Waals surface area contributed by atoms with E-state index in [2.05, 4.69) is 15.3 Å². The number of alkyl halides is 3. The molecule has 0 spiro atoms. The lowest BCUT2D eigenvalue weighted by Crippen LogP contribution is -2.48. The maximum atomic E-state index is 14.0. The summed E-state index contributed by atoms with van der Waals surface area (Å²) in [5.41, 5.74) is 5.21. The van der Waals surface area contributed by atoms with Crippen molar-refractivity contribution in [2.75, 3.05) is 13.1 Å². The first-order valence-corrected chi connectivity index (χ1v) is 16.0. The molecule has 2 saturated heterocycles. The topological polar surface area (TPSA) is 139 Å². The number of nitrogens with two attached hydrogens (primary N) is 1. The van der Waals surface area contributed by atoms with Gasteiger partial charge in [0.05, 0.1) is 45.9 Å². The first-order chi connectivity index (χ1) is 21.5. The van der Waals surface area contributed by atoms with E-state index in [4.69, 9.17) is 5.73 Å². The van der Waals surface area contributed by atoms with E-state index in [1.807, 2.05) is 27.7 Å². The van der Waals surface area contributed by atoms with Gasteiger partial charge in [0.25, 0.3) is 5.91 Å². The summed E-state index contributed by atoms with van der Waals surface area (Å²) in [6.07, 6.45) is -2.87. The van der Waals surface area contributed by atoms with Crippen molar-refractivity contribution in [2.45, 2.75) is 65.8 Å². The fraction of sp³-hybridized carbons (Fsp3) is 0.500. The minimum atomic E-state index is -4.77. The van der Waals surface area contributed by atoms with E-state index in [0.29, 0.717) is 21.5 Å². The highest BCUT2D eigenvalue weighted by Crippen LogP contribution is 2.63. The largest absolute Gasteiger partial charge is 0.433 e. The Morgan fingerprint density at radius 3 is 2.40 bits per heavy atom. The molecule has 4 atom stereocenters. The summed E-state index contributed by atoms with van der Waals surface area (Å²) in [5, 5.41) is 2.88. The van der Waals surface area contributed by atoms with Crippen LogP contribution in [0.3, 0.4) is 0 Å². The van der Waals surface area contributed by atoms with Crippen LogP contribution in [0.15, 0.2) is 24.4 Å². The average Bonchev–Trinajstić information content (AvgIpc) is 3.38. The highest BCUT2D eigenvalue weighted by Gasteiger charge is 2.72. The number of fused-ring (bicyclic) bond motifs is 2. The number of aryl methyl sites for hydroxylation is 1. The van der Waals surface area contributed by atoms with Gasteiger partial charge in [0.15, 0.2) is 0 Å². The van der Waals surface area contributed by atoms with Gasteiger partial charge in [-0.3, -0.25) is 29.1 Å². The predicted octanol–water partition coefficient (Wildman–Crippen LogP) is 4.98. The molecule has 3 aromatic rings. The lowest BCUT2D eigenvalue weighted by Gasteiger charge is -2.22. The fourth-order valence-electron chi connectivity index (χ4n) is 6.67. The van der Waals surface area contributed by atoms with E-state index in [1.54, 1.807) is 6.07 Å². The zero-order chi connectivity index (χ0) is 33.5. The van der Waals surface area contributed by atoms with Crippen molar-refractivity contribution in [3.8, 4) is 11.3 Å². The summed E-state index contributed by atoms with van der Waals surface area (Å²) >= 11 is 1.20. The number of carbonyl (C=O) groups excluding carboxylic acids is 4. The predicted molar refractivity (Wildman–Crippen MR) is 179 cm³/mol. The summed E-state index contributed by atoms with van der Waals surface area (Å²) in [7, 11) is 0. The molecule has 0 aromatic carbocycles. The molecule has 0 radical (unpaired) electrons. The molecular formula is C32H37Cl2F3N6O4S. The highest BCUT2D eigenvalue weighted by molar-refractivity contribution is 7.19. The van der Waals surface area contributed by atoms with Crippen LogP contribution >= 0.6 is 36.2 Å². The molecule has 3 aromatic heterocycles.